The van der Waals surface area contributed by atoms with Crippen LogP contribution in [0.25, 0.3) is 0 Å². The molecule has 0 atom stereocenters. The standard InChI is InChI=1S/C15H16INO4/c1-14(2)20-9-15(10-21-14,17-13(18)19)7-6-11-4-3-5-12(16)8-11/h3-5,8,17H,9-10H2,1-2H3,(H,18,19). The maximum absolute atomic E-state index is 11.0. The molecule has 1 fully saturated rings. The molecule has 0 spiro atoms. The van der Waals surface area contributed by atoms with E-state index in [4.69, 9.17) is 14.6 Å². The molecule has 1 aromatic rings. The fraction of sp³-hybridized carbons (Fsp3) is 0.400. The van der Waals surface area contributed by atoms with Gasteiger partial charge in [0.2, 0.25) is 0 Å². The molecule has 2 N–H and O–H groups in total. The van der Waals surface area contributed by atoms with E-state index in [0.717, 1.165) is 9.13 Å². The first-order valence-corrected chi connectivity index (χ1v) is 7.46. The first-order chi connectivity index (χ1) is 9.80. The number of carbonyl (C=O) groups is 1. The highest BCUT2D eigenvalue weighted by Gasteiger charge is 2.40. The third-order valence-electron chi connectivity index (χ3n) is 2.95. The highest BCUT2D eigenvalue weighted by atomic mass is 127. The summed E-state index contributed by atoms with van der Waals surface area (Å²) in [6.07, 6.45) is -1.15. The Morgan fingerprint density at radius 1 is 1.38 bits per heavy atom. The summed E-state index contributed by atoms with van der Waals surface area (Å²) in [6.45, 7) is 3.85. The average molecular weight is 401 g/mol. The van der Waals surface area contributed by atoms with Crippen molar-refractivity contribution in [3.63, 3.8) is 0 Å². The maximum Gasteiger partial charge on any atom is 0.406 e. The van der Waals surface area contributed by atoms with Crippen molar-refractivity contribution in [3.8, 4) is 11.8 Å². The Labute approximate surface area is 137 Å². The molecule has 5 nitrogen and oxygen atoms in total. The first-order valence-electron chi connectivity index (χ1n) is 6.38. The fourth-order valence-electron chi connectivity index (χ4n) is 1.82. The van der Waals surface area contributed by atoms with Crippen LogP contribution in [0.4, 0.5) is 4.79 Å². The average Bonchev–Trinajstić information content (AvgIpc) is 2.40. The van der Waals surface area contributed by atoms with Gasteiger partial charge in [-0.05, 0) is 54.6 Å². The fourth-order valence-corrected chi connectivity index (χ4v) is 2.36. The summed E-state index contributed by atoms with van der Waals surface area (Å²) >= 11 is 2.20. The Hall–Kier alpha value is -1.30. The van der Waals surface area contributed by atoms with Crippen molar-refractivity contribution in [2.24, 2.45) is 0 Å². The lowest BCUT2D eigenvalue weighted by atomic mass is 10.0. The zero-order valence-electron chi connectivity index (χ0n) is 11.8. The van der Waals surface area contributed by atoms with E-state index in [9.17, 15) is 4.79 Å². The van der Waals surface area contributed by atoms with E-state index < -0.39 is 17.4 Å². The number of carboxylic acid groups (broad SMARTS) is 1. The van der Waals surface area contributed by atoms with Crippen LogP contribution in [-0.2, 0) is 9.47 Å². The molecule has 0 aliphatic carbocycles. The van der Waals surface area contributed by atoms with Crippen molar-refractivity contribution in [3.05, 3.63) is 33.4 Å². The lowest BCUT2D eigenvalue weighted by molar-refractivity contribution is -0.262. The summed E-state index contributed by atoms with van der Waals surface area (Å²) in [5.41, 5.74) is -0.235. The number of rotatable bonds is 1. The number of ether oxygens (including phenoxy) is 2. The molecule has 1 heterocycles. The van der Waals surface area contributed by atoms with Crippen molar-refractivity contribution in [1.29, 1.82) is 0 Å². The number of amides is 1. The van der Waals surface area contributed by atoms with E-state index in [0.29, 0.717) is 0 Å². The number of nitrogens with one attached hydrogen (secondary N) is 1. The van der Waals surface area contributed by atoms with Crippen LogP contribution in [0.3, 0.4) is 0 Å². The van der Waals surface area contributed by atoms with Crippen LogP contribution in [-0.4, -0.2) is 35.7 Å². The lowest BCUT2D eigenvalue weighted by Crippen LogP contribution is -2.60. The first kappa shape index (κ1) is 16.1. The molecule has 1 amide bonds. The van der Waals surface area contributed by atoms with Gasteiger partial charge in [-0.3, -0.25) is 0 Å². The molecule has 0 unspecified atom stereocenters. The quantitative estimate of drug-likeness (QED) is 0.561. The molecular formula is C15H16INO4. The number of benzene rings is 1. The van der Waals surface area contributed by atoms with E-state index in [1.165, 1.54) is 0 Å². The van der Waals surface area contributed by atoms with Crippen LogP contribution < -0.4 is 5.32 Å². The van der Waals surface area contributed by atoms with Crippen LogP contribution in [0, 0.1) is 15.4 Å². The van der Waals surface area contributed by atoms with Gasteiger partial charge in [-0.1, -0.05) is 17.9 Å². The molecule has 0 aromatic heterocycles. The second-order valence-corrected chi connectivity index (χ2v) is 6.50. The molecular weight excluding hydrogens is 385 g/mol. The van der Waals surface area contributed by atoms with Gasteiger partial charge in [0.1, 0.15) is 0 Å². The van der Waals surface area contributed by atoms with Crippen molar-refractivity contribution in [1.82, 2.24) is 5.32 Å². The van der Waals surface area contributed by atoms with Crippen LogP contribution in [0.5, 0.6) is 0 Å². The van der Waals surface area contributed by atoms with Gasteiger partial charge in [-0.2, -0.15) is 0 Å². The monoisotopic (exact) mass is 401 g/mol. The number of halogens is 1. The van der Waals surface area contributed by atoms with Gasteiger partial charge in [0.05, 0.1) is 13.2 Å². The maximum atomic E-state index is 11.0. The highest BCUT2D eigenvalue weighted by Crippen LogP contribution is 2.23. The van der Waals surface area contributed by atoms with Gasteiger partial charge in [0.15, 0.2) is 11.3 Å². The Morgan fingerprint density at radius 3 is 2.62 bits per heavy atom. The van der Waals surface area contributed by atoms with Gasteiger partial charge < -0.3 is 19.9 Å². The summed E-state index contributed by atoms with van der Waals surface area (Å²) in [4.78, 5) is 11.0. The minimum atomic E-state index is -1.15. The minimum Gasteiger partial charge on any atom is -0.465 e. The zero-order chi connectivity index (χ0) is 15.5. The van der Waals surface area contributed by atoms with Crippen LogP contribution in [0.15, 0.2) is 24.3 Å². The molecule has 112 valence electrons. The Balaban J connectivity index is 2.24. The van der Waals surface area contributed by atoms with E-state index in [2.05, 4.69) is 39.7 Å². The van der Waals surface area contributed by atoms with E-state index in [1.807, 2.05) is 24.3 Å². The van der Waals surface area contributed by atoms with E-state index >= 15 is 0 Å². The molecule has 2 rings (SSSR count). The van der Waals surface area contributed by atoms with Gasteiger partial charge in [0, 0.05) is 9.13 Å². The molecule has 1 aliphatic rings. The topological polar surface area (TPSA) is 67.8 Å². The minimum absolute atomic E-state index is 0.142. The zero-order valence-corrected chi connectivity index (χ0v) is 13.9. The molecule has 1 saturated heterocycles. The second-order valence-electron chi connectivity index (χ2n) is 5.25. The predicted molar refractivity (Wildman–Crippen MR) is 85.9 cm³/mol. The predicted octanol–water partition coefficient (Wildman–Crippen LogP) is 2.43. The summed E-state index contributed by atoms with van der Waals surface area (Å²) < 4.78 is 12.2. The smallest absolute Gasteiger partial charge is 0.406 e. The van der Waals surface area contributed by atoms with Crippen LogP contribution >= 0.6 is 22.6 Å². The molecule has 0 bridgehead atoms. The van der Waals surface area contributed by atoms with Gasteiger partial charge >= 0.3 is 6.09 Å². The Kier molecular flexibility index (Phi) is 4.76. The summed E-state index contributed by atoms with van der Waals surface area (Å²) in [5.74, 6) is 5.21. The molecule has 21 heavy (non-hydrogen) atoms. The van der Waals surface area contributed by atoms with Gasteiger partial charge in [-0.25, -0.2) is 4.79 Å². The van der Waals surface area contributed by atoms with Crippen LogP contribution in [0.1, 0.15) is 19.4 Å². The van der Waals surface area contributed by atoms with Crippen molar-refractivity contribution >= 4 is 28.7 Å². The lowest BCUT2D eigenvalue weighted by Gasteiger charge is -2.40. The Bertz CT molecular complexity index is 593. The highest BCUT2D eigenvalue weighted by molar-refractivity contribution is 14.1. The van der Waals surface area contributed by atoms with Crippen molar-refractivity contribution in [2.75, 3.05) is 13.2 Å². The van der Waals surface area contributed by atoms with E-state index in [1.54, 1.807) is 13.8 Å². The van der Waals surface area contributed by atoms with Crippen molar-refractivity contribution < 1.29 is 19.4 Å². The van der Waals surface area contributed by atoms with E-state index in [-0.39, 0.29) is 13.2 Å². The molecule has 0 saturated carbocycles. The molecule has 1 aromatic carbocycles. The second kappa shape index (κ2) is 6.22. The van der Waals surface area contributed by atoms with Crippen LogP contribution in [0.2, 0.25) is 0 Å². The number of hydrogen-bond donors (Lipinski definition) is 2. The summed E-state index contributed by atoms with van der Waals surface area (Å²) in [6, 6.07) is 7.67. The summed E-state index contributed by atoms with van der Waals surface area (Å²) in [7, 11) is 0. The SMILES string of the molecule is CC1(C)OCC(C#Cc2cccc(I)c2)(NC(=O)O)CO1. The molecule has 1 aliphatic heterocycles. The third-order valence-corrected chi connectivity index (χ3v) is 3.62. The third kappa shape index (κ3) is 4.59. The normalized spacial score (nSPS) is 19.2. The Morgan fingerprint density at radius 2 is 2.05 bits per heavy atom. The summed E-state index contributed by atoms with van der Waals surface area (Å²) in [5, 5.41) is 11.4. The largest absolute Gasteiger partial charge is 0.465 e. The van der Waals surface area contributed by atoms with Gasteiger partial charge in [0.25, 0.3) is 0 Å². The number of hydrogen-bond acceptors (Lipinski definition) is 3. The molecule has 0 radical (unpaired) electrons. The van der Waals surface area contributed by atoms with Crippen molar-refractivity contribution in [2.45, 2.75) is 25.2 Å². The van der Waals surface area contributed by atoms with Gasteiger partial charge in [-0.15, -0.1) is 0 Å². The molecule has 6 heteroatoms.